The largest absolute Gasteiger partial charge is 0.360 e. The quantitative estimate of drug-likeness (QED) is 0.158. The van der Waals surface area contributed by atoms with Crippen LogP contribution in [0.4, 0.5) is 23.0 Å². The molecule has 0 fully saturated rings. The van der Waals surface area contributed by atoms with E-state index in [9.17, 15) is 9.59 Å². The standard InChI is InChI=1S/C33H33N7O2/c1-21-22(2)35-33(39-31(21)28-20-34-29-12-6-5-11-27(28)29)38-26-10-7-9-25(19-26)37-32(42)23-14-16-24(17-15-23)36-30(41)13-8-18-40(3)4/h5-17,19-20,34H,18H2,1-4H3,(H,36,41)(H,37,42)(H,35,38,39)/b13-8+. The summed E-state index contributed by atoms with van der Waals surface area (Å²) in [5.41, 5.74) is 7.25. The van der Waals surface area contributed by atoms with E-state index in [0.29, 0.717) is 29.4 Å². The van der Waals surface area contributed by atoms with E-state index in [1.165, 1.54) is 6.08 Å². The molecule has 0 unspecified atom stereocenters. The van der Waals surface area contributed by atoms with Gasteiger partial charge in [-0.05, 0) is 82.0 Å². The lowest BCUT2D eigenvalue weighted by Crippen LogP contribution is -2.13. The normalized spacial score (nSPS) is 11.3. The number of rotatable bonds is 9. The predicted octanol–water partition coefficient (Wildman–Crippen LogP) is 6.29. The molecule has 0 saturated carbocycles. The first-order valence-corrected chi connectivity index (χ1v) is 13.6. The zero-order valence-corrected chi connectivity index (χ0v) is 24.0. The SMILES string of the molecule is Cc1nc(Nc2cccc(NC(=O)c3ccc(NC(=O)/C=C/CN(C)C)cc3)c2)nc(-c2c[nH]c3ccccc23)c1C. The lowest BCUT2D eigenvalue weighted by molar-refractivity contribution is -0.111. The molecule has 0 saturated heterocycles. The Bertz CT molecular complexity index is 1770. The summed E-state index contributed by atoms with van der Waals surface area (Å²) in [4.78, 5) is 39.8. The van der Waals surface area contributed by atoms with Crippen LogP contribution in [0.25, 0.3) is 22.2 Å². The van der Waals surface area contributed by atoms with Crippen molar-refractivity contribution in [3.8, 4) is 11.3 Å². The monoisotopic (exact) mass is 559 g/mol. The van der Waals surface area contributed by atoms with Gasteiger partial charge in [-0.25, -0.2) is 9.97 Å². The van der Waals surface area contributed by atoms with Gasteiger partial charge in [0, 0.05) is 63.6 Å². The summed E-state index contributed by atoms with van der Waals surface area (Å²) in [5, 5.41) is 10.1. The van der Waals surface area contributed by atoms with Crippen LogP contribution >= 0.6 is 0 Å². The fourth-order valence-corrected chi connectivity index (χ4v) is 4.48. The number of aryl methyl sites for hydroxylation is 1. The molecule has 212 valence electrons. The second kappa shape index (κ2) is 12.5. The number of H-pyrrole nitrogens is 1. The van der Waals surface area contributed by atoms with Gasteiger partial charge in [0.15, 0.2) is 0 Å². The van der Waals surface area contributed by atoms with Crippen molar-refractivity contribution >= 4 is 45.7 Å². The van der Waals surface area contributed by atoms with Crippen molar-refractivity contribution in [1.29, 1.82) is 0 Å². The zero-order valence-electron chi connectivity index (χ0n) is 24.0. The molecule has 5 aromatic rings. The Morgan fingerprint density at radius 1 is 0.881 bits per heavy atom. The lowest BCUT2D eigenvalue weighted by atomic mass is 10.1. The first-order valence-electron chi connectivity index (χ1n) is 13.6. The van der Waals surface area contributed by atoms with Crippen LogP contribution in [-0.2, 0) is 4.79 Å². The molecular weight excluding hydrogens is 526 g/mol. The first kappa shape index (κ1) is 28.3. The van der Waals surface area contributed by atoms with Crippen LogP contribution in [-0.4, -0.2) is 52.3 Å². The highest BCUT2D eigenvalue weighted by atomic mass is 16.2. The number of carbonyl (C=O) groups is 2. The van der Waals surface area contributed by atoms with Crippen LogP contribution in [0, 0.1) is 13.8 Å². The minimum absolute atomic E-state index is 0.223. The average Bonchev–Trinajstić information content (AvgIpc) is 3.39. The Balaban J connectivity index is 1.27. The van der Waals surface area contributed by atoms with Crippen molar-refractivity contribution in [2.75, 3.05) is 36.6 Å². The molecule has 2 amide bonds. The number of carbonyl (C=O) groups excluding carboxylic acids is 2. The molecule has 4 N–H and O–H groups in total. The van der Waals surface area contributed by atoms with E-state index in [1.54, 1.807) is 30.3 Å². The van der Waals surface area contributed by atoms with Crippen molar-refractivity contribution in [3.05, 3.63) is 108 Å². The summed E-state index contributed by atoms with van der Waals surface area (Å²) in [6, 6.07) is 22.3. The number of fused-ring (bicyclic) bond motifs is 1. The minimum Gasteiger partial charge on any atom is -0.360 e. The van der Waals surface area contributed by atoms with E-state index >= 15 is 0 Å². The van der Waals surface area contributed by atoms with E-state index in [2.05, 4.69) is 32.0 Å². The topological polar surface area (TPSA) is 115 Å². The molecule has 0 aliphatic heterocycles. The van der Waals surface area contributed by atoms with Crippen LogP contribution < -0.4 is 16.0 Å². The third-order valence-corrected chi connectivity index (χ3v) is 6.76. The van der Waals surface area contributed by atoms with E-state index in [4.69, 9.17) is 4.98 Å². The van der Waals surface area contributed by atoms with Crippen molar-refractivity contribution in [2.24, 2.45) is 0 Å². The van der Waals surface area contributed by atoms with Crippen LogP contribution in [0.2, 0.25) is 0 Å². The maximum absolute atomic E-state index is 12.9. The highest BCUT2D eigenvalue weighted by molar-refractivity contribution is 6.05. The lowest BCUT2D eigenvalue weighted by Gasteiger charge is -2.13. The number of aromatic amines is 1. The Kier molecular flexibility index (Phi) is 8.40. The molecule has 0 spiro atoms. The van der Waals surface area contributed by atoms with Gasteiger partial charge in [0.1, 0.15) is 0 Å². The van der Waals surface area contributed by atoms with Gasteiger partial charge in [-0.3, -0.25) is 9.59 Å². The fourth-order valence-electron chi connectivity index (χ4n) is 4.48. The Labute approximate surface area is 244 Å². The molecule has 0 aliphatic carbocycles. The third kappa shape index (κ3) is 6.71. The van der Waals surface area contributed by atoms with Crippen LogP contribution in [0.15, 0.2) is 91.1 Å². The molecule has 42 heavy (non-hydrogen) atoms. The van der Waals surface area contributed by atoms with Crippen LogP contribution in [0.3, 0.4) is 0 Å². The fraction of sp³-hybridized carbons (Fsp3) is 0.152. The number of likely N-dealkylation sites (N-methyl/N-ethyl adjacent to an activating group) is 1. The number of hydrogen-bond acceptors (Lipinski definition) is 6. The van der Waals surface area contributed by atoms with Gasteiger partial charge in [-0.2, -0.15) is 0 Å². The second-order valence-corrected chi connectivity index (χ2v) is 10.2. The van der Waals surface area contributed by atoms with Gasteiger partial charge in [0.2, 0.25) is 11.9 Å². The molecule has 5 rings (SSSR count). The third-order valence-electron chi connectivity index (χ3n) is 6.76. The van der Waals surface area contributed by atoms with Gasteiger partial charge in [0.25, 0.3) is 5.91 Å². The van der Waals surface area contributed by atoms with E-state index in [0.717, 1.165) is 39.1 Å². The molecule has 9 heteroatoms. The smallest absolute Gasteiger partial charge is 0.255 e. The maximum Gasteiger partial charge on any atom is 0.255 e. The number of nitrogens with one attached hydrogen (secondary N) is 4. The number of para-hydroxylation sites is 1. The van der Waals surface area contributed by atoms with E-state index < -0.39 is 0 Å². The van der Waals surface area contributed by atoms with Gasteiger partial charge >= 0.3 is 0 Å². The second-order valence-electron chi connectivity index (χ2n) is 10.2. The average molecular weight is 560 g/mol. The molecule has 2 heterocycles. The number of amides is 2. The number of nitrogens with zero attached hydrogens (tertiary/aromatic N) is 3. The molecule has 0 atom stereocenters. The number of hydrogen-bond donors (Lipinski definition) is 4. The van der Waals surface area contributed by atoms with Gasteiger partial charge in [-0.1, -0.05) is 30.3 Å². The highest BCUT2D eigenvalue weighted by Crippen LogP contribution is 2.31. The van der Waals surface area contributed by atoms with Crippen LogP contribution in [0.5, 0.6) is 0 Å². The predicted molar refractivity (Wildman–Crippen MR) is 169 cm³/mol. The molecular formula is C33H33N7O2. The van der Waals surface area contributed by atoms with Crippen molar-refractivity contribution in [3.63, 3.8) is 0 Å². The number of benzene rings is 3. The zero-order chi connectivity index (χ0) is 29.6. The molecule has 0 aliphatic rings. The van der Waals surface area contributed by atoms with Gasteiger partial charge < -0.3 is 25.8 Å². The molecule has 2 aromatic heterocycles. The Morgan fingerprint density at radius 3 is 2.43 bits per heavy atom. The summed E-state index contributed by atoms with van der Waals surface area (Å²) >= 11 is 0. The summed E-state index contributed by atoms with van der Waals surface area (Å²) in [6.45, 7) is 4.67. The van der Waals surface area contributed by atoms with Gasteiger partial charge in [-0.15, -0.1) is 0 Å². The van der Waals surface area contributed by atoms with E-state index in [-0.39, 0.29) is 11.8 Å². The Hall–Kier alpha value is -5.28. The van der Waals surface area contributed by atoms with Crippen molar-refractivity contribution in [1.82, 2.24) is 19.9 Å². The molecule has 9 nitrogen and oxygen atoms in total. The Morgan fingerprint density at radius 2 is 1.64 bits per heavy atom. The van der Waals surface area contributed by atoms with Gasteiger partial charge in [0.05, 0.1) is 5.69 Å². The molecule has 3 aromatic carbocycles. The number of aromatic nitrogens is 3. The summed E-state index contributed by atoms with van der Waals surface area (Å²) < 4.78 is 0. The van der Waals surface area contributed by atoms with E-state index in [1.807, 2.05) is 81.5 Å². The first-order chi connectivity index (χ1) is 20.3. The summed E-state index contributed by atoms with van der Waals surface area (Å²) in [7, 11) is 3.86. The highest BCUT2D eigenvalue weighted by Gasteiger charge is 2.15. The van der Waals surface area contributed by atoms with Crippen molar-refractivity contribution < 1.29 is 9.59 Å². The summed E-state index contributed by atoms with van der Waals surface area (Å²) in [5.74, 6) is -0.0179. The molecule has 0 radical (unpaired) electrons. The number of anilines is 4. The van der Waals surface area contributed by atoms with Crippen LogP contribution in [0.1, 0.15) is 21.6 Å². The molecule has 0 bridgehead atoms. The maximum atomic E-state index is 12.9. The van der Waals surface area contributed by atoms with Crippen molar-refractivity contribution in [2.45, 2.75) is 13.8 Å². The minimum atomic E-state index is -0.264. The summed E-state index contributed by atoms with van der Waals surface area (Å²) in [6.07, 6.45) is 5.26.